The molecule has 0 atom stereocenters. The van der Waals surface area contributed by atoms with Crippen molar-refractivity contribution in [2.45, 2.75) is 18.4 Å². The minimum absolute atomic E-state index is 0.136. The molecule has 20 heavy (non-hydrogen) atoms. The number of nitrogens with zero attached hydrogens (tertiary/aromatic N) is 2. The Morgan fingerprint density at radius 1 is 1.15 bits per heavy atom. The van der Waals surface area contributed by atoms with Crippen molar-refractivity contribution < 1.29 is 8.42 Å². The second-order valence-corrected chi connectivity index (χ2v) is 7.00. The van der Waals surface area contributed by atoms with E-state index in [-0.39, 0.29) is 10.0 Å². The fourth-order valence-electron chi connectivity index (χ4n) is 1.73. The maximum Gasteiger partial charge on any atom is 0.244 e. The van der Waals surface area contributed by atoms with Gasteiger partial charge in [-0.3, -0.25) is 0 Å². The molecule has 6 heteroatoms. The molecule has 0 bridgehead atoms. The van der Waals surface area contributed by atoms with Crippen molar-refractivity contribution in [2.24, 2.45) is 0 Å². The van der Waals surface area contributed by atoms with Crippen LogP contribution in [-0.2, 0) is 16.6 Å². The first-order valence-electron chi connectivity index (χ1n) is 6.03. The molecule has 106 valence electrons. The van der Waals surface area contributed by atoms with Crippen molar-refractivity contribution in [2.75, 3.05) is 7.05 Å². The number of hydrogen-bond acceptors (Lipinski definition) is 3. The van der Waals surface area contributed by atoms with Gasteiger partial charge in [0, 0.05) is 19.8 Å². The van der Waals surface area contributed by atoms with Crippen LogP contribution in [0.4, 0.5) is 0 Å². The summed E-state index contributed by atoms with van der Waals surface area (Å²) >= 11 is 5.67. The molecule has 0 N–H and O–H groups in total. The Labute approximate surface area is 124 Å². The molecule has 0 aliphatic heterocycles. The smallest absolute Gasteiger partial charge is 0.243 e. The van der Waals surface area contributed by atoms with Gasteiger partial charge in [0.05, 0.1) is 0 Å². The summed E-state index contributed by atoms with van der Waals surface area (Å²) in [5.41, 5.74) is 2.07. The Morgan fingerprint density at radius 2 is 1.80 bits per heavy atom. The van der Waals surface area contributed by atoms with E-state index in [0.29, 0.717) is 6.54 Å². The van der Waals surface area contributed by atoms with Gasteiger partial charge in [-0.05, 0) is 24.6 Å². The van der Waals surface area contributed by atoms with Crippen LogP contribution in [0, 0.1) is 6.92 Å². The maximum absolute atomic E-state index is 12.4. The molecule has 0 aliphatic rings. The van der Waals surface area contributed by atoms with Gasteiger partial charge < -0.3 is 0 Å². The van der Waals surface area contributed by atoms with Gasteiger partial charge in [0.1, 0.15) is 10.0 Å². The van der Waals surface area contributed by atoms with Gasteiger partial charge in [-0.15, -0.1) is 0 Å². The zero-order valence-corrected chi connectivity index (χ0v) is 12.8. The van der Waals surface area contributed by atoms with Crippen LogP contribution in [0.15, 0.2) is 47.5 Å². The molecular formula is C14H15ClN2O2S. The fourth-order valence-corrected chi connectivity index (χ4v) is 2.95. The highest BCUT2D eigenvalue weighted by Gasteiger charge is 2.21. The van der Waals surface area contributed by atoms with Crippen molar-refractivity contribution in [1.82, 2.24) is 9.29 Å². The fraction of sp³-hybridized carbons (Fsp3) is 0.214. The number of aryl methyl sites for hydroxylation is 1. The largest absolute Gasteiger partial charge is 0.244 e. The summed E-state index contributed by atoms with van der Waals surface area (Å²) in [5, 5.41) is 0.269. The molecule has 1 aromatic heterocycles. The van der Waals surface area contributed by atoms with E-state index in [0.717, 1.165) is 11.1 Å². The lowest BCUT2D eigenvalue weighted by atomic mass is 10.1. The standard InChI is InChI=1S/C14H15ClN2O2S/c1-11-3-5-12(6-4-11)10-17(2)20(18,19)13-7-8-14(15)16-9-13/h3-9H,10H2,1-2H3. The van der Waals surface area contributed by atoms with Crippen LogP contribution in [0.5, 0.6) is 0 Å². The van der Waals surface area contributed by atoms with Crippen molar-refractivity contribution in [3.05, 3.63) is 58.9 Å². The third-order valence-corrected chi connectivity index (χ3v) is 4.94. The molecular weight excluding hydrogens is 296 g/mol. The number of halogens is 1. The quantitative estimate of drug-likeness (QED) is 0.816. The average molecular weight is 311 g/mol. The van der Waals surface area contributed by atoms with E-state index in [1.54, 1.807) is 7.05 Å². The average Bonchev–Trinajstić information content (AvgIpc) is 2.42. The predicted molar refractivity (Wildman–Crippen MR) is 79.1 cm³/mol. The zero-order valence-electron chi connectivity index (χ0n) is 11.2. The number of hydrogen-bond donors (Lipinski definition) is 0. The van der Waals surface area contributed by atoms with Crippen LogP contribution in [0.25, 0.3) is 0 Å². The lowest BCUT2D eigenvalue weighted by molar-refractivity contribution is 0.466. The summed E-state index contributed by atoms with van der Waals surface area (Å²) in [4.78, 5) is 3.94. The first kappa shape index (κ1) is 15.0. The molecule has 0 fully saturated rings. The van der Waals surface area contributed by atoms with E-state index in [9.17, 15) is 8.42 Å². The predicted octanol–water partition coefficient (Wildman–Crippen LogP) is 2.86. The van der Waals surface area contributed by atoms with Crippen LogP contribution in [0.1, 0.15) is 11.1 Å². The molecule has 2 rings (SSSR count). The van der Waals surface area contributed by atoms with Gasteiger partial charge >= 0.3 is 0 Å². The zero-order chi connectivity index (χ0) is 14.8. The lowest BCUT2D eigenvalue weighted by Crippen LogP contribution is -2.26. The minimum Gasteiger partial charge on any atom is -0.243 e. The van der Waals surface area contributed by atoms with Crippen molar-refractivity contribution in [3.8, 4) is 0 Å². The van der Waals surface area contributed by atoms with Gasteiger partial charge in [-0.1, -0.05) is 41.4 Å². The van der Waals surface area contributed by atoms with Gasteiger partial charge in [-0.25, -0.2) is 13.4 Å². The monoisotopic (exact) mass is 310 g/mol. The van der Waals surface area contributed by atoms with E-state index in [1.807, 2.05) is 31.2 Å². The Morgan fingerprint density at radius 3 is 2.35 bits per heavy atom. The van der Waals surface area contributed by atoms with Gasteiger partial charge in [0.2, 0.25) is 10.0 Å². The van der Waals surface area contributed by atoms with E-state index < -0.39 is 10.0 Å². The molecule has 1 aromatic carbocycles. The number of pyridine rings is 1. The molecule has 0 saturated heterocycles. The summed E-state index contributed by atoms with van der Waals surface area (Å²) in [6, 6.07) is 10.7. The SMILES string of the molecule is Cc1ccc(CN(C)S(=O)(=O)c2ccc(Cl)nc2)cc1. The summed E-state index contributed by atoms with van der Waals surface area (Å²) < 4.78 is 26.0. The molecule has 4 nitrogen and oxygen atoms in total. The first-order chi connectivity index (χ1) is 9.39. The summed E-state index contributed by atoms with van der Waals surface area (Å²) in [7, 11) is -2.01. The van der Waals surface area contributed by atoms with E-state index in [4.69, 9.17) is 11.6 Å². The van der Waals surface area contributed by atoms with E-state index in [2.05, 4.69) is 4.98 Å². The number of benzene rings is 1. The highest BCUT2D eigenvalue weighted by Crippen LogP contribution is 2.17. The van der Waals surface area contributed by atoms with E-state index >= 15 is 0 Å². The van der Waals surface area contributed by atoms with E-state index in [1.165, 1.54) is 22.6 Å². The summed E-state index contributed by atoms with van der Waals surface area (Å²) in [6.45, 7) is 2.30. The van der Waals surface area contributed by atoms with Crippen LogP contribution >= 0.6 is 11.6 Å². The van der Waals surface area contributed by atoms with Gasteiger partial charge in [0.25, 0.3) is 0 Å². The summed E-state index contributed by atoms with van der Waals surface area (Å²) in [6.07, 6.45) is 1.27. The Bertz CT molecular complexity index is 682. The topological polar surface area (TPSA) is 50.3 Å². The van der Waals surface area contributed by atoms with Gasteiger partial charge in [0.15, 0.2) is 0 Å². The molecule has 1 heterocycles. The molecule has 0 unspecified atom stereocenters. The second kappa shape index (κ2) is 5.91. The highest BCUT2D eigenvalue weighted by atomic mass is 35.5. The molecule has 0 radical (unpaired) electrons. The second-order valence-electron chi connectivity index (χ2n) is 4.56. The molecule has 2 aromatic rings. The third kappa shape index (κ3) is 3.36. The normalized spacial score (nSPS) is 11.8. The maximum atomic E-state index is 12.4. The first-order valence-corrected chi connectivity index (χ1v) is 7.85. The Kier molecular flexibility index (Phi) is 4.42. The molecule has 0 saturated carbocycles. The molecule has 0 aliphatic carbocycles. The van der Waals surface area contributed by atoms with Crippen LogP contribution in [0.2, 0.25) is 5.15 Å². The van der Waals surface area contributed by atoms with Gasteiger partial charge in [-0.2, -0.15) is 4.31 Å². The molecule has 0 amide bonds. The van der Waals surface area contributed by atoms with Crippen molar-refractivity contribution in [1.29, 1.82) is 0 Å². The third-order valence-electron chi connectivity index (χ3n) is 2.93. The number of sulfonamides is 1. The van der Waals surface area contributed by atoms with Crippen LogP contribution in [-0.4, -0.2) is 24.8 Å². The van der Waals surface area contributed by atoms with Crippen molar-refractivity contribution >= 4 is 21.6 Å². The minimum atomic E-state index is -3.55. The van der Waals surface area contributed by atoms with Crippen LogP contribution < -0.4 is 0 Å². The Hall–Kier alpha value is -1.43. The Balaban J connectivity index is 2.21. The highest BCUT2D eigenvalue weighted by molar-refractivity contribution is 7.89. The lowest BCUT2D eigenvalue weighted by Gasteiger charge is -2.17. The van der Waals surface area contributed by atoms with Crippen molar-refractivity contribution in [3.63, 3.8) is 0 Å². The number of aromatic nitrogens is 1. The molecule has 0 spiro atoms. The summed E-state index contributed by atoms with van der Waals surface area (Å²) in [5.74, 6) is 0. The van der Waals surface area contributed by atoms with Crippen LogP contribution in [0.3, 0.4) is 0 Å². The number of rotatable bonds is 4.